The van der Waals surface area contributed by atoms with Crippen LogP contribution in [0.1, 0.15) is 12.5 Å². The molecule has 4 nitrogen and oxygen atoms in total. The predicted octanol–water partition coefficient (Wildman–Crippen LogP) is 0.603. The molecular weight excluding hydrogens is 238 g/mol. The topological polar surface area (TPSA) is 66.4 Å². The van der Waals surface area contributed by atoms with Crippen LogP contribution in [0, 0.1) is 0 Å². The standard InChI is InChI=1S/C12H19NO3S/c1-10(9-14)13-8-7-11-3-5-12(6-4-11)17(2,15)16/h3-6,10,13-14H,7-9H2,1-2H3. The van der Waals surface area contributed by atoms with Gasteiger partial charge in [-0.15, -0.1) is 0 Å². The van der Waals surface area contributed by atoms with Crippen molar-refractivity contribution in [2.45, 2.75) is 24.3 Å². The van der Waals surface area contributed by atoms with E-state index < -0.39 is 9.84 Å². The van der Waals surface area contributed by atoms with Crippen LogP contribution in [-0.2, 0) is 16.3 Å². The molecule has 1 unspecified atom stereocenters. The summed E-state index contributed by atoms with van der Waals surface area (Å²) in [6, 6.07) is 6.98. The molecule has 96 valence electrons. The van der Waals surface area contributed by atoms with Crippen LogP contribution in [0.2, 0.25) is 0 Å². The zero-order valence-electron chi connectivity index (χ0n) is 10.2. The molecule has 1 aromatic rings. The normalized spacial score (nSPS) is 13.6. The van der Waals surface area contributed by atoms with Crippen LogP contribution in [0.5, 0.6) is 0 Å². The highest BCUT2D eigenvalue weighted by molar-refractivity contribution is 7.90. The minimum atomic E-state index is -3.11. The van der Waals surface area contributed by atoms with Crippen molar-refractivity contribution in [1.29, 1.82) is 0 Å². The van der Waals surface area contributed by atoms with E-state index in [1.807, 2.05) is 19.1 Å². The van der Waals surface area contributed by atoms with Gasteiger partial charge in [-0.05, 0) is 37.6 Å². The van der Waals surface area contributed by atoms with Gasteiger partial charge in [-0.3, -0.25) is 0 Å². The quantitative estimate of drug-likeness (QED) is 0.783. The summed E-state index contributed by atoms with van der Waals surface area (Å²) >= 11 is 0. The zero-order chi connectivity index (χ0) is 12.9. The molecule has 2 N–H and O–H groups in total. The summed E-state index contributed by atoms with van der Waals surface area (Å²) in [5, 5.41) is 12.0. The molecule has 0 aliphatic rings. The van der Waals surface area contributed by atoms with Crippen LogP contribution in [0.4, 0.5) is 0 Å². The van der Waals surface area contributed by atoms with Crippen LogP contribution in [0.3, 0.4) is 0 Å². The highest BCUT2D eigenvalue weighted by Crippen LogP contribution is 2.10. The average molecular weight is 257 g/mol. The van der Waals surface area contributed by atoms with Crippen molar-refractivity contribution < 1.29 is 13.5 Å². The van der Waals surface area contributed by atoms with Crippen LogP contribution in [0.15, 0.2) is 29.2 Å². The third kappa shape index (κ3) is 4.85. The van der Waals surface area contributed by atoms with Crippen LogP contribution in [0.25, 0.3) is 0 Å². The largest absolute Gasteiger partial charge is 0.395 e. The first-order valence-electron chi connectivity index (χ1n) is 5.56. The molecule has 0 aliphatic carbocycles. The fourth-order valence-electron chi connectivity index (χ4n) is 1.43. The Morgan fingerprint density at radius 1 is 1.29 bits per heavy atom. The van der Waals surface area contributed by atoms with Gasteiger partial charge < -0.3 is 10.4 Å². The molecule has 0 aromatic heterocycles. The summed E-state index contributed by atoms with van der Waals surface area (Å²) in [6.45, 7) is 2.79. The molecule has 17 heavy (non-hydrogen) atoms. The van der Waals surface area contributed by atoms with Crippen LogP contribution in [-0.4, -0.2) is 39.0 Å². The van der Waals surface area contributed by atoms with E-state index in [9.17, 15) is 8.42 Å². The van der Waals surface area contributed by atoms with Crippen molar-refractivity contribution >= 4 is 9.84 Å². The SMILES string of the molecule is CC(CO)NCCc1ccc(S(C)(=O)=O)cc1. The number of aliphatic hydroxyl groups is 1. The summed E-state index contributed by atoms with van der Waals surface area (Å²) in [4.78, 5) is 0.345. The molecule has 0 radical (unpaired) electrons. The van der Waals surface area contributed by atoms with Crippen molar-refractivity contribution in [2.75, 3.05) is 19.4 Å². The number of rotatable bonds is 6. The summed E-state index contributed by atoms with van der Waals surface area (Å²) in [7, 11) is -3.11. The van der Waals surface area contributed by atoms with Crippen molar-refractivity contribution in [3.63, 3.8) is 0 Å². The molecule has 0 saturated heterocycles. The Bertz CT molecular complexity index is 439. The van der Waals surface area contributed by atoms with Crippen molar-refractivity contribution in [3.05, 3.63) is 29.8 Å². The molecule has 1 rings (SSSR count). The second-order valence-corrected chi connectivity index (χ2v) is 6.22. The molecule has 0 fully saturated rings. The lowest BCUT2D eigenvalue weighted by molar-refractivity contribution is 0.252. The number of sulfone groups is 1. The second-order valence-electron chi connectivity index (χ2n) is 4.20. The lowest BCUT2D eigenvalue weighted by Gasteiger charge is -2.10. The average Bonchev–Trinajstić information content (AvgIpc) is 2.28. The number of hydrogen-bond acceptors (Lipinski definition) is 4. The Morgan fingerprint density at radius 3 is 2.35 bits per heavy atom. The van der Waals surface area contributed by atoms with Gasteiger partial charge >= 0.3 is 0 Å². The zero-order valence-corrected chi connectivity index (χ0v) is 11.0. The van der Waals surface area contributed by atoms with Gasteiger partial charge in [-0.25, -0.2) is 8.42 Å². The van der Waals surface area contributed by atoms with E-state index in [-0.39, 0.29) is 12.6 Å². The van der Waals surface area contributed by atoms with Gasteiger partial charge in [0.05, 0.1) is 11.5 Å². The minimum Gasteiger partial charge on any atom is -0.395 e. The minimum absolute atomic E-state index is 0.0882. The monoisotopic (exact) mass is 257 g/mol. The van der Waals surface area contributed by atoms with E-state index in [4.69, 9.17) is 5.11 Å². The van der Waals surface area contributed by atoms with E-state index in [1.54, 1.807) is 12.1 Å². The molecule has 0 aliphatic heterocycles. The first kappa shape index (κ1) is 14.2. The maximum Gasteiger partial charge on any atom is 0.175 e. The van der Waals surface area contributed by atoms with Gasteiger partial charge in [-0.2, -0.15) is 0 Å². The van der Waals surface area contributed by atoms with Gasteiger partial charge in [0.1, 0.15) is 0 Å². The fourth-order valence-corrected chi connectivity index (χ4v) is 2.06. The van der Waals surface area contributed by atoms with Gasteiger partial charge in [0.25, 0.3) is 0 Å². The third-order valence-electron chi connectivity index (χ3n) is 2.53. The summed E-state index contributed by atoms with van der Waals surface area (Å²) in [5.74, 6) is 0. The summed E-state index contributed by atoms with van der Waals surface area (Å²) in [5.41, 5.74) is 1.08. The Morgan fingerprint density at radius 2 is 1.88 bits per heavy atom. The van der Waals surface area contributed by atoms with Gasteiger partial charge in [0.2, 0.25) is 0 Å². The predicted molar refractivity (Wildman–Crippen MR) is 67.8 cm³/mol. The molecule has 1 aromatic carbocycles. The van der Waals surface area contributed by atoms with E-state index in [0.717, 1.165) is 18.5 Å². The first-order chi connectivity index (χ1) is 7.93. The first-order valence-corrected chi connectivity index (χ1v) is 7.46. The number of nitrogens with one attached hydrogen (secondary N) is 1. The molecule has 0 saturated carbocycles. The Kier molecular flexibility index (Phi) is 5.11. The highest BCUT2D eigenvalue weighted by atomic mass is 32.2. The lowest BCUT2D eigenvalue weighted by Crippen LogP contribution is -2.30. The van der Waals surface area contributed by atoms with Gasteiger partial charge in [0.15, 0.2) is 9.84 Å². The number of aliphatic hydroxyl groups excluding tert-OH is 1. The summed E-state index contributed by atoms with van der Waals surface area (Å²) < 4.78 is 22.5. The molecule has 0 amide bonds. The number of hydrogen-bond donors (Lipinski definition) is 2. The smallest absolute Gasteiger partial charge is 0.175 e. The Balaban J connectivity index is 2.52. The Labute approximate surface area is 103 Å². The molecular formula is C12H19NO3S. The van der Waals surface area contributed by atoms with Crippen molar-refractivity contribution in [3.8, 4) is 0 Å². The molecule has 0 heterocycles. The second kappa shape index (κ2) is 6.14. The third-order valence-corrected chi connectivity index (χ3v) is 3.66. The van der Waals surface area contributed by atoms with E-state index in [0.29, 0.717) is 4.90 Å². The maximum absolute atomic E-state index is 11.2. The lowest BCUT2D eigenvalue weighted by atomic mass is 10.1. The molecule has 5 heteroatoms. The fraction of sp³-hybridized carbons (Fsp3) is 0.500. The molecule has 1 atom stereocenters. The van der Waals surface area contributed by atoms with Crippen LogP contribution >= 0.6 is 0 Å². The van der Waals surface area contributed by atoms with E-state index in [1.165, 1.54) is 6.26 Å². The molecule has 0 bridgehead atoms. The highest BCUT2D eigenvalue weighted by Gasteiger charge is 2.06. The van der Waals surface area contributed by atoms with Crippen molar-refractivity contribution in [2.24, 2.45) is 0 Å². The van der Waals surface area contributed by atoms with Crippen LogP contribution < -0.4 is 5.32 Å². The maximum atomic E-state index is 11.2. The van der Waals surface area contributed by atoms with E-state index in [2.05, 4.69) is 5.32 Å². The van der Waals surface area contributed by atoms with Gasteiger partial charge in [-0.1, -0.05) is 12.1 Å². The summed E-state index contributed by atoms with van der Waals surface area (Å²) in [6.07, 6.45) is 2.01. The van der Waals surface area contributed by atoms with Gasteiger partial charge in [0, 0.05) is 12.3 Å². The van der Waals surface area contributed by atoms with E-state index >= 15 is 0 Å². The molecule has 0 spiro atoms. The Hall–Kier alpha value is -0.910. The van der Waals surface area contributed by atoms with Crippen molar-refractivity contribution in [1.82, 2.24) is 5.32 Å². The number of benzene rings is 1.